The number of anilines is 1. The third kappa shape index (κ3) is 8.58. The van der Waals surface area contributed by atoms with Crippen LogP contribution in [0.2, 0.25) is 0 Å². The minimum absolute atomic E-state index is 0.0551. The summed E-state index contributed by atoms with van der Waals surface area (Å²) in [7, 11) is -1.94. The predicted octanol–water partition coefficient (Wildman–Crippen LogP) is 3.49. The zero-order valence-corrected chi connectivity index (χ0v) is 22.3. The molecule has 0 saturated carbocycles. The number of hydrogen-bond donors (Lipinski definition) is 1. The van der Waals surface area contributed by atoms with E-state index in [1.165, 1.54) is 9.21 Å². The van der Waals surface area contributed by atoms with Gasteiger partial charge in [0.1, 0.15) is 11.8 Å². The Hall–Kier alpha value is -3.07. The van der Waals surface area contributed by atoms with Crippen molar-refractivity contribution >= 4 is 27.5 Å². The highest BCUT2D eigenvalue weighted by molar-refractivity contribution is 7.92. The van der Waals surface area contributed by atoms with Crippen molar-refractivity contribution in [1.29, 1.82) is 0 Å². The van der Waals surface area contributed by atoms with Crippen LogP contribution in [0.5, 0.6) is 5.75 Å². The fourth-order valence-corrected chi connectivity index (χ4v) is 4.66. The SMILES string of the molecule is COc1ccc(CN(C(=O)CCCN(c2cccc(C)c2)S(C)(=O)=O)C(C)C(=O)NC(C)C)cc1. The largest absolute Gasteiger partial charge is 0.497 e. The first-order valence-corrected chi connectivity index (χ1v) is 13.5. The third-order valence-corrected chi connectivity index (χ3v) is 6.75. The molecule has 0 aliphatic heterocycles. The zero-order valence-electron chi connectivity index (χ0n) is 21.4. The van der Waals surface area contributed by atoms with E-state index in [0.717, 1.165) is 17.4 Å². The molecule has 0 heterocycles. The van der Waals surface area contributed by atoms with E-state index >= 15 is 0 Å². The Bertz CT molecular complexity index is 1100. The van der Waals surface area contributed by atoms with Crippen molar-refractivity contribution in [3.05, 3.63) is 59.7 Å². The van der Waals surface area contributed by atoms with Crippen LogP contribution in [0.25, 0.3) is 0 Å². The highest BCUT2D eigenvalue weighted by Crippen LogP contribution is 2.21. The molecule has 0 radical (unpaired) electrons. The van der Waals surface area contributed by atoms with Crippen LogP contribution in [0, 0.1) is 6.92 Å². The first-order valence-electron chi connectivity index (χ1n) is 11.7. The van der Waals surface area contributed by atoms with Gasteiger partial charge in [-0.2, -0.15) is 0 Å². The summed E-state index contributed by atoms with van der Waals surface area (Å²) in [6.45, 7) is 7.75. The number of rotatable bonds is 12. The van der Waals surface area contributed by atoms with Gasteiger partial charge in [-0.15, -0.1) is 0 Å². The fraction of sp³-hybridized carbons (Fsp3) is 0.462. The van der Waals surface area contributed by atoms with E-state index in [2.05, 4.69) is 5.32 Å². The van der Waals surface area contributed by atoms with E-state index in [1.54, 1.807) is 32.2 Å². The highest BCUT2D eigenvalue weighted by atomic mass is 32.2. The van der Waals surface area contributed by atoms with Gasteiger partial charge in [0.15, 0.2) is 0 Å². The fourth-order valence-electron chi connectivity index (χ4n) is 3.70. The summed E-state index contributed by atoms with van der Waals surface area (Å²) >= 11 is 0. The topological polar surface area (TPSA) is 96.0 Å². The molecule has 1 atom stereocenters. The Kier molecular flexibility index (Phi) is 10.1. The minimum Gasteiger partial charge on any atom is -0.497 e. The Morgan fingerprint density at radius 1 is 1.06 bits per heavy atom. The van der Waals surface area contributed by atoms with Crippen LogP contribution >= 0.6 is 0 Å². The highest BCUT2D eigenvalue weighted by Gasteiger charge is 2.27. The van der Waals surface area contributed by atoms with Crippen LogP contribution in [-0.4, -0.2) is 57.1 Å². The maximum absolute atomic E-state index is 13.3. The van der Waals surface area contributed by atoms with Crippen LogP contribution in [0.15, 0.2) is 48.5 Å². The molecule has 8 nitrogen and oxygen atoms in total. The molecule has 0 bridgehead atoms. The van der Waals surface area contributed by atoms with Gasteiger partial charge in [0.25, 0.3) is 0 Å². The van der Waals surface area contributed by atoms with Crippen molar-refractivity contribution in [2.75, 3.05) is 24.2 Å². The maximum atomic E-state index is 13.3. The summed E-state index contributed by atoms with van der Waals surface area (Å²) < 4.78 is 31.3. The van der Waals surface area contributed by atoms with E-state index in [-0.39, 0.29) is 37.4 Å². The average Bonchev–Trinajstić information content (AvgIpc) is 2.78. The molecule has 9 heteroatoms. The summed E-state index contributed by atoms with van der Waals surface area (Å²) in [5.41, 5.74) is 2.38. The Balaban J connectivity index is 2.17. The summed E-state index contributed by atoms with van der Waals surface area (Å²) in [5, 5.41) is 2.86. The monoisotopic (exact) mass is 503 g/mol. The first kappa shape index (κ1) is 28.2. The maximum Gasteiger partial charge on any atom is 0.242 e. The Labute approximate surface area is 209 Å². The van der Waals surface area contributed by atoms with Gasteiger partial charge < -0.3 is 15.0 Å². The zero-order chi connectivity index (χ0) is 26.2. The van der Waals surface area contributed by atoms with Crippen molar-refractivity contribution in [3.63, 3.8) is 0 Å². The number of benzene rings is 2. The molecular weight excluding hydrogens is 466 g/mol. The van der Waals surface area contributed by atoms with E-state index < -0.39 is 16.1 Å². The van der Waals surface area contributed by atoms with E-state index in [9.17, 15) is 18.0 Å². The normalized spacial score (nSPS) is 12.2. The second kappa shape index (κ2) is 12.6. The van der Waals surface area contributed by atoms with Crippen LogP contribution in [0.4, 0.5) is 5.69 Å². The van der Waals surface area contributed by atoms with Gasteiger partial charge in [0.05, 0.1) is 19.1 Å². The molecular formula is C26H37N3O5S. The number of carbonyl (C=O) groups is 2. The molecule has 1 unspecified atom stereocenters. The van der Waals surface area contributed by atoms with E-state index in [4.69, 9.17) is 4.74 Å². The predicted molar refractivity (Wildman–Crippen MR) is 139 cm³/mol. The van der Waals surface area contributed by atoms with Crippen molar-refractivity contribution < 1.29 is 22.7 Å². The Morgan fingerprint density at radius 3 is 2.26 bits per heavy atom. The number of sulfonamides is 1. The number of hydrogen-bond acceptors (Lipinski definition) is 5. The van der Waals surface area contributed by atoms with Gasteiger partial charge in [-0.25, -0.2) is 8.42 Å². The van der Waals surface area contributed by atoms with Crippen molar-refractivity contribution in [1.82, 2.24) is 10.2 Å². The number of nitrogens with one attached hydrogen (secondary N) is 1. The van der Waals surface area contributed by atoms with Crippen molar-refractivity contribution in [2.45, 2.75) is 59.2 Å². The molecule has 0 aromatic heterocycles. The van der Waals surface area contributed by atoms with Gasteiger partial charge >= 0.3 is 0 Å². The van der Waals surface area contributed by atoms with Crippen LogP contribution in [0.1, 0.15) is 44.7 Å². The van der Waals surface area contributed by atoms with E-state index in [0.29, 0.717) is 17.9 Å². The smallest absolute Gasteiger partial charge is 0.242 e. The molecule has 0 fully saturated rings. The van der Waals surface area contributed by atoms with Gasteiger partial charge in [-0.05, 0) is 69.5 Å². The molecule has 0 spiro atoms. The third-order valence-electron chi connectivity index (χ3n) is 5.55. The quantitative estimate of drug-likeness (QED) is 0.478. The second-order valence-electron chi connectivity index (χ2n) is 8.99. The lowest BCUT2D eigenvalue weighted by Crippen LogP contribution is -2.49. The lowest BCUT2D eigenvalue weighted by Gasteiger charge is -2.30. The Morgan fingerprint density at radius 2 is 1.71 bits per heavy atom. The van der Waals surface area contributed by atoms with Crippen molar-refractivity contribution in [2.24, 2.45) is 0 Å². The lowest BCUT2D eigenvalue weighted by molar-refractivity contribution is -0.140. The van der Waals surface area contributed by atoms with Crippen LogP contribution in [0.3, 0.4) is 0 Å². The molecule has 0 saturated heterocycles. The van der Waals surface area contributed by atoms with Gasteiger partial charge in [-0.3, -0.25) is 13.9 Å². The minimum atomic E-state index is -3.52. The number of aryl methyl sites for hydroxylation is 1. The van der Waals surface area contributed by atoms with E-state index in [1.807, 2.05) is 51.1 Å². The molecule has 35 heavy (non-hydrogen) atoms. The van der Waals surface area contributed by atoms with Crippen molar-refractivity contribution in [3.8, 4) is 5.75 Å². The number of methoxy groups -OCH3 is 1. The molecule has 2 amide bonds. The summed E-state index contributed by atoms with van der Waals surface area (Å²) in [6, 6.07) is 13.8. The van der Waals surface area contributed by atoms with Gasteiger partial charge in [-0.1, -0.05) is 24.3 Å². The molecule has 2 rings (SSSR count). The first-order chi connectivity index (χ1) is 16.4. The molecule has 2 aromatic rings. The number of carbonyl (C=O) groups excluding carboxylic acids is 2. The summed E-state index contributed by atoms with van der Waals surface area (Å²) in [4.78, 5) is 27.5. The molecule has 2 aromatic carbocycles. The molecule has 1 N–H and O–H groups in total. The van der Waals surface area contributed by atoms with Crippen LogP contribution in [-0.2, 0) is 26.2 Å². The molecule has 192 valence electrons. The number of amides is 2. The van der Waals surface area contributed by atoms with Gasteiger partial charge in [0, 0.05) is 25.6 Å². The molecule has 0 aliphatic carbocycles. The number of nitrogens with zero attached hydrogens (tertiary/aromatic N) is 2. The summed E-state index contributed by atoms with van der Waals surface area (Å²) in [5.74, 6) is 0.249. The summed E-state index contributed by atoms with van der Waals surface area (Å²) in [6.07, 6.45) is 1.58. The van der Waals surface area contributed by atoms with Gasteiger partial charge in [0.2, 0.25) is 21.8 Å². The second-order valence-corrected chi connectivity index (χ2v) is 10.9. The lowest BCUT2D eigenvalue weighted by atomic mass is 10.1. The number of ether oxygens (including phenoxy) is 1. The average molecular weight is 504 g/mol. The molecule has 0 aliphatic rings. The van der Waals surface area contributed by atoms with Crippen LogP contribution < -0.4 is 14.4 Å². The standard InChI is InChI=1S/C26H37N3O5S/c1-19(2)27-26(31)21(4)28(18-22-12-14-24(34-5)15-13-22)25(30)11-8-16-29(35(6,32)33)23-10-7-9-20(3)17-23/h7,9-10,12-15,17,19,21H,8,11,16,18H2,1-6H3,(H,27,31).